The lowest BCUT2D eigenvalue weighted by atomic mass is 10.2. The van der Waals surface area contributed by atoms with Gasteiger partial charge >= 0.3 is 5.97 Å². The summed E-state index contributed by atoms with van der Waals surface area (Å²) in [5, 5.41) is 11.2. The fourth-order valence-corrected chi connectivity index (χ4v) is 4.21. The summed E-state index contributed by atoms with van der Waals surface area (Å²) in [4.78, 5) is 22.3. The maximum atomic E-state index is 13.4. The van der Waals surface area contributed by atoms with Crippen LogP contribution in [0, 0.1) is 10.1 Å². The van der Waals surface area contributed by atoms with Crippen molar-refractivity contribution in [2.75, 3.05) is 38.3 Å². The van der Waals surface area contributed by atoms with Gasteiger partial charge in [0.05, 0.1) is 24.0 Å². The standard InChI is InChI=1S/C18H18N2O9S/c1-26-15-5-3-12(20(22)23)9-14(15)19(11-18(21)27-2)30(24,25)13-4-6-16-17(10-13)29-8-7-28-16/h3-6,9-10H,7-8,11H2,1-2H3. The molecule has 3 rings (SSSR count). The molecule has 30 heavy (non-hydrogen) atoms. The molecule has 0 saturated carbocycles. The highest BCUT2D eigenvalue weighted by atomic mass is 32.2. The number of esters is 1. The second kappa shape index (κ2) is 8.45. The predicted octanol–water partition coefficient (Wildman–Crippen LogP) is 1.74. The van der Waals surface area contributed by atoms with E-state index >= 15 is 0 Å². The molecule has 0 atom stereocenters. The van der Waals surface area contributed by atoms with Crippen molar-refractivity contribution in [3.63, 3.8) is 0 Å². The van der Waals surface area contributed by atoms with E-state index in [1.165, 1.54) is 31.4 Å². The van der Waals surface area contributed by atoms with E-state index in [1.807, 2.05) is 0 Å². The first-order chi connectivity index (χ1) is 14.3. The summed E-state index contributed by atoms with van der Waals surface area (Å²) in [5.41, 5.74) is -0.565. The first-order valence-electron chi connectivity index (χ1n) is 8.59. The number of fused-ring (bicyclic) bond motifs is 1. The van der Waals surface area contributed by atoms with E-state index in [2.05, 4.69) is 4.74 Å². The number of methoxy groups -OCH3 is 2. The summed E-state index contributed by atoms with van der Waals surface area (Å²) >= 11 is 0. The molecule has 1 aliphatic rings. The zero-order chi connectivity index (χ0) is 21.9. The van der Waals surface area contributed by atoms with E-state index in [-0.39, 0.29) is 34.4 Å². The number of sulfonamides is 1. The van der Waals surface area contributed by atoms with E-state index in [1.54, 1.807) is 0 Å². The molecular formula is C18H18N2O9S. The Labute approximate surface area is 171 Å². The van der Waals surface area contributed by atoms with Crippen LogP contribution in [-0.2, 0) is 19.6 Å². The zero-order valence-electron chi connectivity index (χ0n) is 16.1. The van der Waals surface area contributed by atoms with E-state index in [0.29, 0.717) is 16.7 Å². The van der Waals surface area contributed by atoms with Crippen LogP contribution in [0.15, 0.2) is 41.3 Å². The van der Waals surface area contributed by atoms with Gasteiger partial charge in [-0.3, -0.25) is 19.2 Å². The van der Waals surface area contributed by atoms with Crippen LogP contribution in [0.4, 0.5) is 11.4 Å². The van der Waals surface area contributed by atoms with Gasteiger partial charge in [0.25, 0.3) is 15.7 Å². The van der Waals surface area contributed by atoms with E-state index in [0.717, 1.165) is 19.2 Å². The highest BCUT2D eigenvalue weighted by Crippen LogP contribution is 2.38. The van der Waals surface area contributed by atoms with E-state index < -0.39 is 27.5 Å². The molecule has 11 nitrogen and oxygen atoms in total. The number of non-ortho nitro benzene ring substituents is 1. The minimum Gasteiger partial charge on any atom is -0.495 e. The Morgan fingerprint density at radius 2 is 1.83 bits per heavy atom. The van der Waals surface area contributed by atoms with Crippen molar-refractivity contribution in [2.45, 2.75) is 4.90 Å². The molecule has 0 unspecified atom stereocenters. The van der Waals surface area contributed by atoms with Crippen molar-refractivity contribution in [1.29, 1.82) is 0 Å². The molecule has 0 bridgehead atoms. The number of carbonyl (C=O) groups excluding carboxylic acids is 1. The second-order valence-electron chi connectivity index (χ2n) is 6.01. The summed E-state index contributed by atoms with van der Waals surface area (Å²) < 4.78 is 48.1. The fourth-order valence-electron chi connectivity index (χ4n) is 2.78. The quantitative estimate of drug-likeness (QED) is 0.360. The molecule has 0 aromatic heterocycles. The molecule has 0 spiro atoms. The Balaban J connectivity index is 2.15. The lowest BCUT2D eigenvalue weighted by Gasteiger charge is -2.26. The summed E-state index contributed by atoms with van der Waals surface area (Å²) in [7, 11) is -2.00. The summed E-state index contributed by atoms with van der Waals surface area (Å²) in [6.45, 7) is -0.148. The summed E-state index contributed by atoms with van der Waals surface area (Å²) in [6, 6.07) is 7.40. The van der Waals surface area contributed by atoms with Crippen molar-refractivity contribution in [3.8, 4) is 17.2 Å². The van der Waals surface area contributed by atoms with Crippen LogP contribution >= 0.6 is 0 Å². The number of anilines is 1. The molecule has 0 radical (unpaired) electrons. The Morgan fingerprint density at radius 3 is 2.47 bits per heavy atom. The number of benzene rings is 2. The molecule has 1 heterocycles. The van der Waals surface area contributed by atoms with Gasteiger partial charge in [-0.1, -0.05) is 0 Å². The van der Waals surface area contributed by atoms with Crippen molar-refractivity contribution in [3.05, 3.63) is 46.5 Å². The average molecular weight is 438 g/mol. The maximum absolute atomic E-state index is 13.4. The monoisotopic (exact) mass is 438 g/mol. The molecule has 0 amide bonds. The number of hydrogen-bond acceptors (Lipinski definition) is 9. The second-order valence-corrected chi connectivity index (χ2v) is 7.87. The van der Waals surface area contributed by atoms with Crippen molar-refractivity contribution < 1.29 is 37.1 Å². The minimum absolute atomic E-state index is 0.0191. The van der Waals surface area contributed by atoms with Crippen LogP contribution in [0.25, 0.3) is 0 Å². The van der Waals surface area contributed by atoms with Gasteiger partial charge in [-0.05, 0) is 18.2 Å². The lowest BCUT2D eigenvalue weighted by molar-refractivity contribution is -0.384. The highest BCUT2D eigenvalue weighted by Gasteiger charge is 2.32. The number of hydrogen-bond donors (Lipinski definition) is 0. The predicted molar refractivity (Wildman–Crippen MR) is 104 cm³/mol. The number of nitrogens with zero attached hydrogens (tertiary/aromatic N) is 2. The number of carbonyl (C=O) groups is 1. The number of ether oxygens (including phenoxy) is 4. The Morgan fingerprint density at radius 1 is 1.13 bits per heavy atom. The lowest BCUT2D eigenvalue weighted by Crippen LogP contribution is -2.36. The third-order valence-corrected chi connectivity index (χ3v) is 6.00. The fraction of sp³-hybridized carbons (Fsp3) is 0.278. The zero-order valence-corrected chi connectivity index (χ0v) is 16.9. The van der Waals surface area contributed by atoms with Crippen LogP contribution in [0.5, 0.6) is 17.2 Å². The van der Waals surface area contributed by atoms with Gasteiger partial charge in [-0.25, -0.2) is 8.42 Å². The highest BCUT2D eigenvalue weighted by molar-refractivity contribution is 7.92. The van der Waals surface area contributed by atoms with Crippen LogP contribution in [0.3, 0.4) is 0 Å². The Hall–Kier alpha value is -3.54. The van der Waals surface area contributed by atoms with Crippen LogP contribution in [0.2, 0.25) is 0 Å². The van der Waals surface area contributed by atoms with Crippen molar-refractivity contribution in [1.82, 2.24) is 0 Å². The molecule has 0 fully saturated rings. The minimum atomic E-state index is -4.37. The first-order valence-corrected chi connectivity index (χ1v) is 10.0. The number of rotatable bonds is 7. The van der Waals surface area contributed by atoms with Gasteiger partial charge < -0.3 is 18.9 Å². The molecule has 2 aromatic rings. The first kappa shape index (κ1) is 21.2. The smallest absolute Gasteiger partial charge is 0.326 e. The molecule has 0 N–H and O–H groups in total. The number of nitro benzene ring substituents is 1. The third-order valence-electron chi connectivity index (χ3n) is 4.24. The molecule has 1 aliphatic heterocycles. The Bertz CT molecular complexity index is 1090. The van der Waals surface area contributed by atoms with Gasteiger partial charge in [-0.2, -0.15) is 0 Å². The van der Waals surface area contributed by atoms with Crippen molar-refractivity contribution in [2.24, 2.45) is 0 Å². The van der Waals surface area contributed by atoms with Crippen LogP contribution < -0.4 is 18.5 Å². The van der Waals surface area contributed by atoms with E-state index in [9.17, 15) is 23.3 Å². The summed E-state index contributed by atoms with van der Waals surface area (Å²) in [6.07, 6.45) is 0. The average Bonchev–Trinajstić information content (AvgIpc) is 2.76. The van der Waals surface area contributed by atoms with Gasteiger partial charge in [0.15, 0.2) is 11.5 Å². The third kappa shape index (κ3) is 4.08. The maximum Gasteiger partial charge on any atom is 0.326 e. The molecule has 0 saturated heterocycles. The van der Waals surface area contributed by atoms with Gasteiger partial charge in [0, 0.05) is 18.2 Å². The van der Waals surface area contributed by atoms with Gasteiger partial charge in [0.2, 0.25) is 0 Å². The molecule has 160 valence electrons. The number of nitro groups is 1. The van der Waals surface area contributed by atoms with E-state index in [4.69, 9.17) is 14.2 Å². The molecule has 12 heteroatoms. The molecule has 0 aliphatic carbocycles. The van der Waals surface area contributed by atoms with Crippen LogP contribution in [0.1, 0.15) is 0 Å². The SMILES string of the molecule is COC(=O)CN(c1cc([N+](=O)[O-])ccc1OC)S(=O)(=O)c1ccc2c(c1)OCCO2. The molecule has 2 aromatic carbocycles. The Kier molecular flexibility index (Phi) is 5.96. The van der Waals surface area contributed by atoms with Gasteiger partial charge in [-0.15, -0.1) is 0 Å². The topological polar surface area (TPSA) is 135 Å². The normalized spacial score (nSPS) is 12.7. The largest absolute Gasteiger partial charge is 0.495 e. The van der Waals surface area contributed by atoms with Crippen LogP contribution in [-0.4, -0.2) is 53.3 Å². The van der Waals surface area contributed by atoms with Gasteiger partial charge in [0.1, 0.15) is 31.2 Å². The summed E-state index contributed by atoms with van der Waals surface area (Å²) in [5.74, 6) is -0.241. The van der Waals surface area contributed by atoms with Crippen molar-refractivity contribution >= 4 is 27.4 Å². The molecular weight excluding hydrogens is 420 g/mol.